The molecule has 1 aromatic heterocycles. The molecule has 1 saturated carbocycles. The molecule has 1 N–H and O–H groups in total. The smallest absolute Gasteiger partial charge is 0.333 e. The number of methoxy groups -OCH3 is 1. The molecular weight excluding hydrogens is 196 g/mol. The van der Waals surface area contributed by atoms with Gasteiger partial charge in [-0.2, -0.15) is 0 Å². The number of imidazole rings is 1. The molecule has 82 valence electrons. The first kappa shape index (κ1) is 10.2. The van der Waals surface area contributed by atoms with Gasteiger partial charge >= 0.3 is 5.97 Å². The van der Waals surface area contributed by atoms with Gasteiger partial charge in [0.1, 0.15) is 0 Å². The van der Waals surface area contributed by atoms with Crippen LogP contribution in [0.2, 0.25) is 0 Å². The van der Waals surface area contributed by atoms with E-state index in [0.717, 1.165) is 18.5 Å². The van der Waals surface area contributed by atoms with Gasteiger partial charge in [-0.05, 0) is 12.8 Å². The number of carboxylic acids is 1. The predicted molar refractivity (Wildman–Crippen MR) is 52.6 cm³/mol. The van der Waals surface area contributed by atoms with E-state index in [1.54, 1.807) is 12.5 Å². The molecule has 2 rings (SSSR count). The van der Waals surface area contributed by atoms with E-state index < -0.39 is 12.1 Å². The fourth-order valence-corrected chi connectivity index (χ4v) is 2.19. The van der Waals surface area contributed by atoms with Crippen molar-refractivity contribution in [1.82, 2.24) is 9.55 Å². The molecule has 1 heterocycles. The van der Waals surface area contributed by atoms with Crippen LogP contribution in [0, 0.1) is 0 Å². The van der Waals surface area contributed by atoms with Crippen molar-refractivity contribution in [3.63, 3.8) is 0 Å². The molecule has 5 nitrogen and oxygen atoms in total. The topological polar surface area (TPSA) is 64.3 Å². The van der Waals surface area contributed by atoms with Crippen LogP contribution in [-0.4, -0.2) is 33.8 Å². The van der Waals surface area contributed by atoms with Gasteiger partial charge in [-0.3, -0.25) is 0 Å². The number of nitrogens with zero attached hydrogens (tertiary/aromatic N) is 2. The van der Waals surface area contributed by atoms with Crippen LogP contribution >= 0.6 is 0 Å². The first-order chi connectivity index (χ1) is 7.12. The Labute approximate surface area is 87.7 Å². The molecule has 0 aromatic carbocycles. The van der Waals surface area contributed by atoms with Gasteiger partial charge in [0, 0.05) is 31.5 Å². The Hall–Kier alpha value is -1.36. The van der Waals surface area contributed by atoms with Crippen molar-refractivity contribution in [2.24, 2.45) is 7.05 Å². The highest BCUT2D eigenvalue weighted by Gasteiger charge is 2.56. The van der Waals surface area contributed by atoms with Gasteiger partial charge in [0.25, 0.3) is 0 Å². The Balaban J connectivity index is 2.35. The summed E-state index contributed by atoms with van der Waals surface area (Å²) in [5.41, 5.74) is 0.572. The van der Waals surface area contributed by atoms with Crippen LogP contribution in [-0.2, 0) is 22.0 Å². The molecule has 0 spiro atoms. The van der Waals surface area contributed by atoms with Crippen LogP contribution < -0.4 is 0 Å². The normalized spacial score (nSPS) is 19.9. The van der Waals surface area contributed by atoms with Gasteiger partial charge < -0.3 is 14.4 Å². The Bertz CT molecular complexity index is 382. The number of aromatic nitrogens is 2. The molecule has 1 fully saturated rings. The van der Waals surface area contributed by atoms with Crippen molar-refractivity contribution in [2.45, 2.75) is 24.4 Å². The molecule has 1 unspecified atom stereocenters. The lowest BCUT2D eigenvalue weighted by Gasteiger charge is -2.22. The minimum Gasteiger partial charge on any atom is -0.479 e. The number of aliphatic carboxylic acids is 1. The van der Waals surface area contributed by atoms with Crippen LogP contribution in [0.15, 0.2) is 12.5 Å². The molecule has 1 aliphatic rings. The monoisotopic (exact) mass is 210 g/mol. The first-order valence-corrected chi connectivity index (χ1v) is 4.84. The van der Waals surface area contributed by atoms with E-state index in [0.29, 0.717) is 0 Å². The summed E-state index contributed by atoms with van der Waals surface area (Å²) in [4.78, 5) is 15.1. The molecule has 0 aliphatic heterocycles. The lowest BCUT2D eigenvalue weighted by Crippen LogP contribution is -2.36. The third-order valence-corrected chi connectivity index (χ3v) is 3.08. The molecule has 5 heteroatoms. The van der Waals surface area contributed by atoms with Crippen molar-refractivity contribution < 1.29 is 14.6 Å². The largest absolute Gasteiger partial charge is 0.479 e. The molecule has 1 aliphatic carbocycles. The third-order valence-electron chi connectivity index (χ3n) is 3.08. The quantitative estimate of drug-likeness (QED) is 0.788. The zero-order valence-corrected chi connectivity index (χ0v) is 8.80. The molecule has 0 bridgehead atoms. The summed E-state index contributed by atoms with van der Waals surface area (Å²) >= 11 is 0. The third kappa shape index (κ3) is 1.43. The number of aryl methyl sites for hydroxylation is 1. The minimum atomic E-state index is -0.906. The fourth-order valence-electron chi connectivity index (χ4n) is 2.19. The SMILES string of the molecule is COC(C(=O)O)C1(c2cncn2C)CC1. The van der Waals surface area contributed by atoms with Crippen molar-refractivity contribution in [3.8, 4) is 0 Å². The highest BCUT2D eigenvalue weighted by atomic mass is 16.5. The van der Waals surface area contributed by atoms with E-state index in [9.17, 15) is 4.79 Å². The summed E-state index contributed by atoms with van der Waals surface area (Å²) in [7, 11) is 3.31. The van der Waals surface area contributed by atoms with Crippen molar-refractivity contribution in [3.05, 3.63) is 18.2 Å². The minimum absolute atomic E-state index is 0.369. The zero-order chi connectivity index (χ0) is 11.1. The van der Waals surface area contributed by atoms with E-state index in [1.165, 1.54) is 7.11 Å². The number of rotatable bonds is 4. The maximum atomic E-state index is 11.1. The maximum Gasteiger partial charge on any atom is 0.333 e. The summed E-state index contributed by atoms with van der Waals surface area (Å²) < 4.78 is 6.94. The van der Waals surface area contributed by atoms with Gasteiger partial charge in [-0.15, -0.1) is 0 Å². The van der Waals surface area contributed by atoms with Crippen molar-refractivity contribution >= 4 is 5.97 Å². The summed E-state index contributed by atoms with van der Waals surface area (Å²) in [6.07, 6.45) is 4.33. The second-order valence-corrected chi connectivity index (χ2v) is 4.00. The lowest BCUT2D eigenvalue weighted by molar-refractivity contribution is -0.150. The maximum absolute atomic E-state index is 11.1. The molecule has 0 radical (unpaired) electrons. The van der Waals surface area contributed by atoms with Crippen molar-refractivity contribution in [2.75, 3.05) is 7.11 Å². The Morgan fingerprint density at radius 3 is 2.73 bits per heavy atom. The second-order valence-electron chi connectivity index (χ2n) is 4.00. The van der Waals surface area contributed by atoms with E-state index in [4.69, 9.17) is 9.84 Å². The predicted octanol–water partition coefficient (Wildman–Crippen LogP) is 0.551. The average Bonchev–Trinajstić information content (AvgIpc) is 2.83. The molecular formula is C10H14N2O3. The van der Waals surface area contributed by atoms with E-state index in [1.807, 2.05) is 11.6 Å². The van der Waals surface area contributed by atoms with Crippen LogP contribution in [0.4, 0.5) is 0 Å². The Kier molecular flexibility index (Phi) is 2.26. The fraction of sp³-hybridized carbons (Fsp3) is 0.600. The number of carbonyl (C=O) groups is 1. The van der Waals surface area contributed by atoms with E-state index >= 15 is 0 Å². The van der Waals surface area contributed by atoms with Gasteiger partial charge in [0.15, 0.2) is 6.10 Å². The Morgan fingerprint density at radius 1 is 1.73 bits per heavy atom. The lowest BCUT2D eigenvalue weighted by atomic mass is 9.95. The summed E-state index contributed by atoms with van der Waals surface area (Å²) in [6, 6.07) is 0. The van der Waals surface area contributed by atoms with E-state index in [2.05, 4.69) is 4.98 Å². The summed E-state index contributed by atoms with van der Waals surface area (Å²) in [5, 5.41) is 9.08. The van der Waals surface area contributed by atoms with Crippen LogP contribution in [0.25, 0.3) is 0 Å². The Morgan fingerprint density at radius 2 is 2.40 bits per heavy atom. The molecule has 1 atom stereocenters. The highest BCUT2D eigenvalue weighted by Crippen LogP contribution is 2.51. The zero-order valence-electron chi connectivity index (χ0n) is 8.80. The molecule has 1 aromatic rings. The number of carboxylic acid groups (broad SMARTS) is 1. The molecule has 15 heavy (non-hydrogen) atoms. The molecule has 0 saturated heterocycles. The average molecular weight is 210 g/mol. The van der Waals surface area contributed by atoms with Gasteiger partial charge in [-0.1, -0.05) is 0 Å². The molecule has 0 amide bonds. The van der Waals surface area contributed by atoms with Crippen LogP contribution in [0.3, 0.4) is 0 Å². The van der Waals surface area contributed by atoms with Gasteiger partial charge in [0.05, 0.1) is 6.33 Å². The van der Waals surface area contributed by atoms with Crippen LogP contribution in [0.1, 0.15) is 18.5 Å². The standard InChI is InChI=1S/C10H14N2O3/c1-12-6-11-5-7(12)10(3-4-10)8(15-2)9(13)14/h5-6,8H,3-4H2,1-2H3,(H,13,14). The number of hydrogen-bond acceptors (Lipinski definition) is 3. The number of hydrogen-bond donors (Lipinski definition) is 1. The van der Waals surface area contributed by atoms with Gasteiger partial charge in [0.2, 0.25) is 0 Å². The van der Waals surface area contributed by atoms with Crippen LogP contribution in [0.5, 0.6) is 0 Å². The number of ether oxygens (including phenoxy) is 1. The second kappa shape index (κ2) is 3.34. The summed E-state index contributed by atoms with van der Waals surface area (Å²) in [6.45, 7) is 0. The van der Waals surface area contributed by atoms with Gasteiger partial charge in [-0.25, -0.2) is 9.78 Å². The van der Waals surface area contributed by atoms with Crippen molar-refractivity contribution in [1.29, 1.82) is 0 Å². The summed E-state index contributed by atoms with van der Waals surface area (Å²) in [5.74, 6) is -0.906. The first-order valence-electron chi connectivity index (χ1n) is 4.84. The van der Waals surface area contributed by atoms with E-state index in [-0.39, 0.29) is 5.41 Å². The highest BCUT2D eigenvalue weighted by molar-refractivity contribution is 5.75.